The summed E-state index contributed by atoms with van der Waals surface area (Å²) in [4.78, 5) is 8.24. The van der Waals surface area contributed by atoms with E-state index in [2.05, 4.69) is 23.1 Å². The monoisotopic (exact) mass is 214 g/mol. The molecule has 1 rings (SSSR count). The van der Waals surface area contributed by atoms with Gasteiger partial charge in [-0.3, -0.25) is 9.98 Å². The van der Waals surface area contributed by atoms with Gasteiger partial charge in [-0.1, -0.05) is 19.2 Å². The number of allylic oxidation sites excluding steroid dienone is 2. The van der Waals surface area contributed by atoms with Gasteiger partial charge < -0.3 is 4.74 Å². The molecule has 1 aromatic heterocycles. The Hall–Kier alpha value is -2.16. The summed E-state index contributed by atoms with van der Waals surface area (Å²) in [6, 6.07) is 5.63. The average Bonchev–Trinajstić information content (AvgIpc) is 2.34. The van der Waals surface area contributed by atoms with Crippen LogP contribution in [0.4, 0.5) is 0 Å². The SMILES string of the molecule is C=C(/C=C\C(=C)OC)N=Cc1ccccn1. The van der Waals surface area contributed by atoms with E-state index in [-0.39, 0.29) is 0 Å². The predicted octanol–water partition coefficient (Wildman–Crippen LogP) is 2.73. The normalized spacial score (nSPS) is 10.8. The van der Waals surface area contributed by atoms with Crippen LogP contribution in [0.5, 0.6) is 0 Å². The summed E-state index contributed by atoms with van der Waals surface area (Å²) < 4.78 is 4.88. The second kappa shape index (κ2) is 6.35. The van der Waals surface area contributed by atoms with Gasteiger partial charge in [0.25, 0.3) is 0 Å². The molecule has 0 aromatic carbocycles. The molecule has 0 amide bonds. The Morgan fingerprint density at radius 2 is 2.19 bits per heavy atom. The smallest absolute Gasteiger partial charge is 0.111 e. The lowest BCUT2D eigenvalue weighted by molar-refractivity contribution is 0.309. The molecule has 0 radical (unpaired) electrons. The molecule has 0 spiro atoms. The second-order valence-electron chi connectivity index (χ2n) is 3.01. The van der Waals surface area contributed by atoms with Crippen LogP contribution in [-0.2, 0) is 4.74 Å². The number of aromatic nitrogens is 1. The molecule has 0 N–H and O–H groups in total. The van der Waals surface area contributed by atoms with Crippen LogP contribution in [0.25, 0.3) is 0 Å². The second-order valence-corrected chi connectivity index (χ2v) is 3.01. The zero-order valence-electron chi connectivity index (χ0n) is 9.26. The number of hydrogen-bond donors (Lipinski definition) is 0. The zero-order valence-corrected chi connectivity index (χ0v) is 9.26. The van der Waals surface area contributed by atoms with E-state index in [0.29, 0.717) is 11.5 Å². The van der Waals surface area contributed by atoms with Crippen molar-refractivity contribution in [3.05, 3.63) is 66.9 Å². The van der Waals surface area contributed by atoms with Crippen LogP contribution >= 0.6 is 0 Å². The highest BCUT2D eigenvalue weighted by atomic mass is 16.5. The van der Waals surface area contributed by atoms with Gasteiger partial charge in [0.1, 0.15) is 5.76 Å². The van der Waals surface area contributed by atoms with Gasteiger partial charge in [0.05, 0.1) is 24.7 Å². The van der Waals surface area contributed by atoms with Crippen LogP contribution in [0, 0.1) is 0 Å². The largest absolute Gasteiger partial charge is 0.497 e. The molecule has 0 saturated carbocycles. The predicted molar refractivity (Wildman–Crippen MR) is 66.3 cm³/mol. The third-order valence-corrected chi connectivity index (χ3v) is 1.77. The molecule has 0 aliphatic heterocycles. The lowest BCUT2D eigenvalue weighted by Gasteiger charge is -1.95. The minimum absolute atomic E-state index is 0.564. The number of pyridine rings is 1. The zero-order chi connectivity index (χ0) is 11.8. The first-order valence-electron chi connectivity index (χ1n) is 4.77. The summed E-state index contributed by atoms with van der Waals surface area (Å²) in [7, 11) is 1.56. The average molecular weight is 214 g/mol. The van der Waals surface area contributed by atoms with E-state index in [1.807, 2.05) is 18.2 Å². The van der Waals surface area contributed by atoms with Crippen molar-refractivity contribution in [2.45, 2.75) is 0 Å². The standard InChI is InChI=1S/C13H14N2O/c1-11(7-8-12(2)16-3)15-10-13-6-4-5-9-14-13/h4-10H,1-2H2,3H3/b8-7-,15-10?. The maximum absolute atomic E-state index is 4.88. The van der Waals surface area contributed by atoms with Crippen molar-refractivity contribution in [1.29, 1.82) is 0 Å². The Labute approximate surface area is 95.5 Å². The number of aliphatic imine (C=N–C) groups is 1. The van der Waals surface area contributed by atoms with Gasteiger partial charge in [-0.25, -0.2) is 0 Å². The first kappa shape index (κ1) is 11.9. The van der Waals surface area contributed by atoms with Crippen LogP contribution in [0.1, 0.15) is 5.69 Å². The molecule has 0 saturated heterocycles. The molecule has 3 heteroatoms. The van der Waals surface area contributed by atoms with E-state index in [1.54, 1.807) is 31.7 Å². The summed E-state index contributed by atoms with van der Waals surface area (Å²) in [6.07, 6.45) is 6.80. The van der Waals surface area contributed by atoms with Gasteiger partial charge in [0.15, 0.2) is 0 Å². The van der Waals surface area contributed by atoms with E-state index < -0.39 is 0 Å². The Balaban J connectivity index is 2.55. The Bertz CT molecular complexity index is 419. The van der Waals surface area contributed by atoms with Crippen LogP contribution < -0.4 is 0 Å². The third-order valence-electron chi connectivity index (χ3n) is 1.77. The van der Waals surface area contributed by atoms with Crippen molar-refractivity contribution in [3.8, 4) is 0 Å². The Morgan fingerprint density at radius 1 is 1.38 bits per heavy atom. The molecule has 82 valence electrons. The lowest BCUT2D eigenvalue weighted by atomic mass is 10.3. The minimum Gasteiger partial charge on any atom is -0.497 e. The van der Waals surface area contributed by atoms with Gasteiger partial charge in [0, 0.05) is 6.20 Å². The van der Waals surface area contributed by atoms with Crippen LogP contribution in [0.2, 0.25) is 0 Å². The van der Waals surface area contributed by atoms with E-state index in [9.17, 15) is 0 Å². The highest BCUT2D eigenvalue weighted by molar-refractivity contribution is 5.77. The van der Waals surface area contributed by atoms with Crippen LogP contribution in [0.15, 0.2) is 66.2 Å². The molecule has 3 nitrogen and oxygen atoms in total. The van der Waals surface area contributed by atoms with Crippen molar-refractivity contribution in [2.75, 3.05) is 7.11 Å². The highest BCUT2D eigenvalue weighted by Gasteiger charge is 1.87. The first-order chi connectivity index (χ1) is 7.72. The lowest BCUT2D eigenvalue weighted by Crippen LogP contribution is -1.85. The fourth-order valence-corrected chi connectivity index (χ4v) is 0.902. The van der Waals surface area contributed by atoms with Gasteiger partial charge >= 0.3 is 0 Å². The molecule has 1 heterocycles. The highest BCUT2D eigenvalue weighted by Crippen LogP contribution is 2.00. The molecular formula is C13H14N2O. The maximum atomic E-state index is 4.88. The van der Waals surface area contributed by atoms with Crippen molar-refractivity contribution in [1.82, 2.24) is 4.98 Å². The van der Waals surface area contributed by atoms with E-state index in [0.717, 1.165) is 5.69 Å². The van der Waals surface area contributed by atoms with Crippen molar-refractivity contribution in [2.24, 2.45) is 4.99 Å². The summed E-state index contributed by atoms with van der Waals surface area (Å²) in [6.45, 7) is 7.42. The minimum atomic E-state index is 0.564. The summed E-state index contributed by atoms with van der Waals surface area (Å²) >= 11 is 0. The summed E-state index contributed by atoms with van der Waals surface area (Å²) in [5.41, 5.74) is 1.41. The van der Waals surface area contributed by atoms with Crippen LogP contribution in [0.3, 0.4) is 0 Å². The van der Waals surface area contributed by atoms with Crippen LogP contribution in [-0.4, -0.2) is 18.3 Å². The van der Waals surface area contributed by atoms with Crippen molar-refractivity contribution in [3.63, 3.8) is 0 Å². The first-order valence-corrected chi connectivity index (χ1v) is 4.77. The van der Waals surface area contributed by atoms with Gasteiger partial charge in [-0.2, -0.15) is 0 Å². The molecule has 16 heavy (non-hydrogen) atoms. The van der Waals surface area contributed by atoms with Crippen molar-refractivity contribution < 1.29 is 4.74 Å². The number of hydrogen-bond acceptors (Lipinski definition) is 3. The number of methoxy groups -OCH3 is 1. The molecule has 0 atom stereocenters. The fraction of sp³-hybridized carbons (Fsp3) is 0.0769. The summed E-state index contributed by atoms with van der Waals surface area (Å²) in [5, 5.41) is 0. The molecule has 0 aliphatic carbocycles. The third kappa shape index (κ3) is 4.37. The molecule has 1 aromatic rings. The topological polar surface area (TPSA) is 34.5 Å². The number of ether oxygens (including phenoxy) is 1. The fourth-order valence-electron chi connectivity index (χ4n) is 0.902. The number of nitrogens with zero attached hydrogens (tertiary/aromatic N) is 2. The molecule has 0 unspecified atom stereocenters. The molecule has 0 aliphatic rings. The number of rotatable bonds is 5. The Morgan fingerprint density at radius 3 is 2.81 bits per heavy atom. The van der Waals surface area contributed by atoms with E-state index >= 15 is 0 Å². The quantitative estimate of drug-likeness (QED) is 0.429. The molecular weight excluding hydrogens is 200 g/mol. The van der Waals surface area contributed by atoms with Gasteiger partial charge in [-0.05, 0) is 24.3 Å². The molecule has 0 bridgehead atoms. The van der Waals surface area contributed by atoms with Crippen molar-refractivity contribution >= 4 is 6.21 Å². The maximum Gasteiger partial charge on any atom is 0.111 e. The van der Waals surface area contributed by atoms with E-state index in [1.165, 1.54) is 0 Å². The summed E-state index contributed by atoms with van der Waals surface area (Å²) in [5.74, 6) is 0.564. The van der Waals surface area contributed by atoms with Gasteiger partial charge in [-0.15, -0.1) is 0 Å². The Kier molecular flexibility index (Phi) is 4.73. The molecule has 0 fully saturated rings. The van der Waals surface area contributed by atoms with E-state index in [4.69, 9.17) is 4.74 Å². The van der Waals surface area contributed by atoms with Gasteiger partial charge in [0.2, 0.25) is 0 Å².